The smallest absolute Gasteiger partial charge is 0.123 e. The van der Waals surface area contributed by atoms with Crippen molar-refractivity contribution in [1.29, 1.82) is 0 Å². The molecule has 30 heavy (non-hydrogen) atoms. The lowest BCUT2D eigenvalue weighted by atomic mass is 10.0. The fourth-order valence-electron chi connectivity index (χ4n) is 3.74. The van der Waals surface area contributed by atoms with Gasteiger partial charge in [-0.2, -0.15) is 0 Å². The van der Waals surface area contributed by atoms with Crippen molar-refractivity contribution in [3.63, 3.8) is 0 Å². The molecule has 1 aromatic rings. The molecular formula is C26H48N2O2. The average Bonchev–Trinajstić information content (AvgIpc) is 2.75. The minimum absolute atomic E-state index is 0.612. The molecule has 0 bridgehead atoms. The molecule has 1 rings (SSSR count). The predicted molar refractivity (Wildman–Crippen MR) is 130 cm³/mol. The normalized spacial score (nSPS) is 11.1. The number of ether oxygens (including phenoxy) is 2. The highest BCUT2D eigenvalue weighted by atomic mass is 16.5. The third-order valence-electron chi connectivity index (χ3n) is 5.58. The Hall–Kier alpha value is -1.26. The molecule has 0 unspecified atom stereocenters. The fraction of sp³-hybridized carbons (Fsp3) is 0.769. The minimum atomic E-state index is 0.612. The van der Waals surface area contributed by atoms with Crippen LogP contribution in [0.4, 0.5) is 0 Å². The van der Waals surface area contributed by atoms with E-state index in [1.54, 1.807) is 0 Å². The predicted octanol–water partition coefficient (Wildman–Crippen LogP) is 6.17. The molecule has 1 aromatic carbocycles. The van der Waals surface area contributed by atoms with E-state index >= 15 is 0 Å². The van der Waals surface area contributed by atoms with Crippen LogP contribution in [0.3, 0.4) is 0 Å². The molecule has 4 N–H and O–H groups in total. The first-order valence-electron chi connectivity index (χ1n) is 12.6. The van der Waals surface area contributed by atoms with E-state index in [0.29, 0.717) is 13.1 Å². The number of benzene rings is 1. The number of rotatable bonds is 20. The Bertz CT molecular complexity index is 486. The quantitative estimate of drug-likeness (QED) is 0.248. The lowest BCUT2D eigenvalue weighted by Crippen LogP contribution is -2.10. The van der Waals surface area contributed by atoms with Crippen LogP contribution in [0.25, 0.3) is 0 Å². The Morgan fingerprint density at radius 2 is 0.933 bits per heavy atom. The van der Waals surface area contributed by atoms with Crippen LogP contribution in [0.1, 0.15) is 102 Å². The molecule has 174 valence electrons. The number of unbranched alkanes of at least 4 members (excludes halogenated alkanes) is 10. The van der Waals surface area contributed by atoms with Crippen molar-refractivity contribution in [2.75, 3.05) is 26.3 Å². The van der Waals surface area contributed by atoms with Crippen LogP contribution in [0.2, 0.25) is 0 Å². The second kappa shape index (κ2) is 18.5. The number of hydrogen-bond donors (Lipinski definition) is 2. The molecule has 0 fully saturated rings. The fourth-order valence-corrected chi connectivity index (χ4v) is 3.74. The van der Waals surface area contributed by atoms with Gasteiger partial charge in [-0.15, -0.1) is 0 Å². The van der Waals surface area contributed by atoms with Crippen molar-refractivity contribution in [3.8, 4) is 11.5 Å². The van der Waals surface area contributed by atoms with Crippen LogP contribution in [-0.4, -0.2) is 26.3 Å². The number of nitrogens with two attached hydrogens (primary N) is 2. The molecular weight excluding hydrogens is 372 g/mol. The molecule has 0 radical (unpaired) electrons. The first kappa shape index (κ1) is 26.8. The largest absolute Gasteiger partial charge is 0.493 e. The second-order valence-electron chi connectivity index (χ2n) is 8.38. The van der Waals surface area contributed by atoms with Crippen molar-refractivity contribution >= 4 is 0 Å². The summed E-state index contributed by atoms with van der Waals surface area (Å²) in [5, 5.41) is 0. The molecule has 0 aliphatic carbocycles. The van der Waals surface area contributed by atoms with Crippen molar-refractivity contribution in [1.82, 2.24) is 0 Å². The van der Waals surface area contributed by atoms with Gasteiger partial charge in [0.2, 0.25) is 0 Å². The van der Waals surface area contributed by atoms with Crippen LogP contribution in [0, 0.1) is 0 Å². The molecule has 0 atom stereocenters. The molecule has 4 heteroatoms. The van der Waals surface area contributed by atoms with E-state index in [1.165, 1.54) is 64.2 Å². The zero-order valence-corrected chi connectivity index (χ0v) is 19.9. The first-order valence-corrected chi connectivity index (χ1v) is 12.6. The monoisotopic (exact) mass is 420 g/mol. The van der Waals surface area contributed by atoms with E-state index in [2.05, 4.69) is 26.0 Å². The zero-order valence-electron chi connectivity index (χ0n) is 19.9. The van der Waals surface area contributed by atoms with E-state index in [1.807, 2.05) is 0 Å². The SMILES string of the molecule is CCCCCCCCOc1cc(CCN)c(OCCCCCCCC)cc1CCN. The van der Waals surface area contributed by atoms with Crippen molar-refractivity contribution < 1.29 is 9.47 Å². The average molecular weight is 421 g/mol. The van der Waals surface area contributed by atoms with Crippen molar-refractivity contribution in [2.24, 2.45) is 11.5 Å². The minimum Gasteiger partial charge on any atom is -0.493 e. The maximum atomic E-state index is 6.17. The van der Waals surface area contributed by atoms with Gasteiger partial charge >= 0.3 is 0 Å². The van der Waals surface area contributed by atoms with Crippen LogP contribution in [0.15, 0.2) is 12.1 Å². The summed E-state index contributed by atoms with van der Waals surface area (Å²) < 4.78 is 12.3. The summed E-state index contributed by atoms with van der Waals surface area (Å²) in [6.07, 6.45) is 16.8. The third kappa shape index (κ3) is 11.8. The molecule has 0 heterocycles. The van der Waals surface area contributed by atoms with E-state index in [0.717, 1.165) is 61.5 Å². The van der Waals surface area contributed by atoms with Gasteiger partial charge in [-0.25, -0.2) is 0 Å². The molecule has 4 nitrogen and oxygen atoms in total. The van der Waals surface area contributed by atoms with E-state index in [-0.39, 0.29) is 0 Å². The van der Waals surface area contributed by atoms with Gasteiger partial charge in [0, 0.05) is 0 Å². The second-order valence-corrected chi connectivity index (χ2v) is 8.38. The van der Waals surface area contributed by atoms with E-state index < -0.39 is 0 Å². The summed E-state index contributed by atoms with van der Waals surface area (Å²) in [4.78, 5) is 0. The summed E-state index contributed by atoms with van der Waals surface area (Å²) >= 11 is 0. The van der Waals surface area contributed by atoms with Gasteiger partial charge in [0.1, 0.15) is 11.5 Å². The van der Waals surface area contributed by atoms with Gasteiger partial charge in [0.25, 0.3) is 0 Å². The van der Waals surface area contributed by atoms with Gasteiger partial charge in [0.05, 0.1) is 13.2 Å². The maximum absolute atomic E-state index is 6.17. The van der Waals surface area contributed by atoms with Gasteiger partial charge in [-0.3, -0.25) is 0 Å². The van der Waals surface area contributed by atoms with E-state index in [9.17, 15) is 0 Å². The van der Waals surface area contributed by atoms with Gasteiger partial charge in [-0.1, -0.05) is 78.1 Å². The summed E-state index contributed by atoms with van der Waals surface area (Å²) in [5.41, 5.74) is 14.0. The summed E-state index contributed by atoms with van der Waals surface area (Å²) in [6, 6.07) is 4.29. The van der Waals surface area contributed by atoms with E-state index in [4.69, 9.17) is 20.9 Å². The van der Waals surface area contributed by atoms with Crippen LogP contribution in [0.5, 0.6) is 11.5 Å². The Morgan fingerprint density at radius 1 is 0.567 bits per heavy atom. The van der Waals surface area contributed by atoms with Crippen molar-refractivity contribution in [2.45, 2.75) is 104 Å². The van der Waals surface area contributed by atoms with Crippen LogP contribution >= 0.6 is 0 Å². The highest BCUT2D eigenvalue weighted by molar-refractivity contribution is 5.47. The Balaban J connectivity index is 2.60. The van der Waals surface area contributed by atoms with Crippen LogP contribution < -0.4 is 20.9 Å². The Labute approximate surface area is 186 Å². The lowest BCUT2D eigenvalue weighted by Gasteiger charge is -2.17. The highest BCUT2D eigenvalue weighted by Crippen LogP contribution is 2.30. The lowest BCUT2D eigenvalue weighted by molar-refractivity contribution is 0.291. The van der Waals surface area contributed by atoms with Gasteiger partial charge in [0.15, 0.2) is 0 Å². The van der Waals surface area contributed by atoms with Gasteiger partial charge < -0.3 is 20.9 Å². The number of hydrogen-bond acceptors (Lipinski definition) is 4. The third-order valence-corrected chi connectivity index (χ3v) is 5.58. The molecule has 0 aromatic heterocycles. The Morgan fingerprint density at radius 3 is 1.30 bits per heavy atom. The maximum Gasteiger partial charge on any atom is 0.123 e. The molecule has 0 saturated carbocycles. The standard InChI is InChI=1S/C26H48N2O2/c1-3-5-7-9-11-13-19-29-25-21-24(16-18-28)26(22-23(25)15-17-27)30-20-14-12-10-8-6-4-2/h21-22H,3-20,27-28H2,1-2H3. The summed E-state index contributed by atoms with van der Waals surface area (Å²) in [7, 11) is 0. The molecule has 0 spiro atoms. The van der Waals surface area contributed by atoms with Gasteiger partial charge in [-0.05, 0) is 62.0 Å². The summed E-state index contributed by atoms with van der Waals surface area (Å²) in [5.74, 6) is 1.92. The summed E-state index contributed by atoms with van der Waals surface area (Å²) in [6.45, 7) is 7.26. The molecule has 0 saturated heterocycles. The first-order chi connectivity index (χ1) is 14.8. The highest BCUT2D eigenvalue weighted by Gasteiger charge is 2.12. The Kier molecular flexibility index (Phi) is 16.5. The zero-order chi connectivity index (χ0) is 21.9. The van der Waals surface area contributed by atoms with Crippen molar-refractivity contribution in [3.05, 3.63) is 23.3 Å². The topological polar surface area (TPSA) is 70.5 Å². The molecule has 0 aliphatic heterocycles. The molecule has 0 aliphatic rings. The van der Waals surface area contributed by atoms with Crippen LogP contribution in [-0.2, 0) is 12.8 Å². The molecule has 0 amide bonds.